The lowest BCUT2D eigenvalue weighted by atomic mass is 9.87. The van der Waals surface area contributed by atoms with Crippen LogP contribution in [0.5, 0.6) is 5.75 Å². The van der Waals surface area contributed by atoms with E-state index >= 15 is 4.39 Å². The van der Waals surface area contributed by atoms with Crippen LogP contribution in [0.3, 0.4) is 0 Å². The van der Waals surface area contributed by atoms with E-state index in [4.69, 9.17) is 21.1 Å². The van der Waals surface area contributed by atoms with E-state index in [9.17, 15) is 31.2 Å². The van der Waals surface area contributed by atoms with Gasteiger partial charge in [0.15, 0.2) is 28.2 Å². The molecule has 1 amide bonds. The maximum atomic E-state index is 15.1. The third kappa shape index (κ3) is 8.57. The van der Waals surface area contributed by atoms with Gasteiger partial charge in [-0.2, -0.15) is 4.31 Å². The molecule has 0 spiro atoms. The molecule has 7 rings (SSSR count). The van der Waals surface area contributed by atoms with Gasteiger partial charge in [0.05, 0.1) is 24.1 Å². The maximum absolute atomic E-state index is 15.1. The Balaban J connectivity index is 1.24. The number of ether oxygens (including phenoxy) is 2. The van der Waals surface area contributed by atoms with Gasteiger partial charge < -0.3 is 14.4 Å². The third-order valence-electron chi connectivity index (χ3n) is 10.3. The molecule has 5 aromatic rings. The van der Waals surface area contributed by atoms with E-state index in [1.54, 1.807) is 30.5 Å². The van der Waals surface area contributed by atoms with Gasteiger partial charge in [-0.05, 0) is 42.5 Å². The summed E-state index contributed by atoms with van der Waals surface area (Å²) in [6.07, 6.45) is 8.32. The third-order valence-corrected chi connectivity index (χ3v) is 12.5. The highest BCUT2D eigenvalue weighted by atomic mass is 35.5. The molecule has 0 bridgehead atoms. The van der Waals surface area contributed by atoms with Crippen molar-refractivity contribution in [2.24, 2.45) is 0 Å². The topological polar surface area (TPSA) is 119 Å². The molecule has 1 saturated heterocycles. The van der Waals surface area contributed by atoms with Crippen LogP contribution < -0.4 is 9.64 Å². The second-order valence-electron chi connectivity index (χ2n) is 14.0. The van der Waals surface area contributed by atoms with Crippen LogP contribution in [0.2, 0.25) is 5.02 Å². The SMILES string of the molecule is O=C(OCc1ccccc1)c1ccc(N(Cc2cnc(C3CCCCC3)cn2)C(=O)[C@H]2CCN2S(=O)(=O)c2c(F)c(F)c(F)c(Cl)c2F)cc1OCc1ccccc1. The molecule has 0 N–H and O–H groups in total. The molecular weight excluding hydrogens is 800 g/mol. The van der Waals surface area contributed by atoms with Gasteiger partial charge >= 0.3 is 5.97 Å². The van der Waals surface area contributed by atoms with E-state index in [0.29, 0.717) is 10.00 Å². The Morgan fingerprint density at radius 3 is 2.09 bits per heavy atom. The molecule has 16 heteroatoms. The number of esters is 1. The highest BCUT2D eigenvalue weighted by Crippen LogP contribution is 2.38. The summed E-state index contributed by atoms with van der Waals surface area (Å²) >= 11 is 5.51. The molecule has 10 nitrogen and oxygen atoms in total. The summed E-state index contributed by atoms with van der Waals surface area (Å²) in [5, 5.41) is -1.55. The maximum Gasteiger partial charge on any atom is 0.342 e. The first-order valence-corrected chi connectivity index (χ1v) is 20.4. The summed E-state index contributed by atoms with van der Waals surface area (Å²) in [5.41, 5.74) is 2.82. The highest BCUT2D eigenvalue weighted by Gasteiger charge is 2.48. The molecule has 2 heterocycles. The summed E-state index contributed by atoms with van der Waals surface area (Å²) in [6.45, 7) is -0.643. The van der Waals surface area contributed by atoms with Gasteiger partial charge in [0.2, 0.25) is 15.9 Å². The number of benzene rings is 4. The van der Waals surface area contributed by atoms with Gasteiger partial charge in [0, 0.05) is 30.4 Å². The molecule has 0 radical (unpaired) electrons. The Hall–Kier alpha value is -5.38. The molecule has 1 aliphatic heterocycles. The number of hydrogen-bond donors (Lipinski definition) is 0. The Labute approximate surface area is 337 Å². The quantitative estimate of drug-likeness (QED) is 0.0501. The van der Waals surface area contributed by atoms with Gasteiger partial charge in [-0.1, -0.05) is 91.5 Å². The summed E-state index contributed by atoms with van der Waals surface area (Å²) < 4.78 is 98.0. The van der Waals surface area contributed by atoms with Gasteiger partial charge in [-0.25, -0.2) is 30.8 Å². The predicted octanol–water partition coefficient (Wildman–Crippen LogP) is 8.67. The average Bonchev–Trinajstić information content (AvgIpc) is 3.23. The number of carbonyl (C=O) groups is 2. The minimum atomic E-state index is -5.29. The zero-order chi connectivity index (χ0) is 41.0. The van der Waals surface area contributed by atoms with Gasteiger partial charge in [0.25, 0.3) is 0 Å². The molecule has 1 atom stereocenters. The van der Waals surface area contributed by atoms with Crippen molar-refractivity contribution in [2.45, 2.75) is 75.1 Å². The second kappa shape index (κ2) is 17.6. The molecule has 302 valence electrons. The Morgan fingerprint density at radius 2 is 1.47 bits per heavy atom. The molecule has 58 heavy (non-hydrogen) atoms. The molecule has 4 aromatic carbocycles. The molecule has 2 fully saturated rings. The van der Waals surface area contributed by atoms with Crippen molar-refractivity contribution in [2.75, 3.05) is 11.4 Å². The van der Waals surface area contributed by atoms with Crippen LogP contribution in [0.1, 0.15) is 77.3 Å². The molecule has 0 unspecified atom stereocenters. The Kier molecular flexibility index (Phi) is 12.4. The van der Waals surface area contributed by atoms with E-state index in [0.717, 1.165) is 48.9 Å². The van der Waals surface area contributed by atoms with Crippen LogP contribution in [-0.2, 0) is 39.3 Å². The summed E-state index contributed by atoms with van der Waals surface area (Å²) in [5.74, 6) is -10.0. The van der Waals surface area contributed by atoms with Gasteiger partial charge in [-0.15, -0.1) is 0 Å². The number of rotatable bonds is 13. The lowest BCUT2D eigenvalue weighted by Crippen LogP contribution is -2.59. The van der Waals surface area contributed by atoms with E-state index in [-0.39, 0.29) is 55.6 Å². The fraction of sp³-hybridized carbons (Fsp3) is 0.286. The fourth-order valence-electron chi connectivity index (χ4n) is 7.02. The van der Waals surface area contributed by atoms with Crippen molar-refractivity contribution >= 4 is 39.2 Å². The van der Waals surface area contributed by atoms with Crippen molar-refractivity contribution in [3.63, 3.8) is 0 Å². The van der Waals surface area contributed by atoms with Crippen LogP contribution in [0.15, 0.2) is 96.2 Å². The zero-order valence-corrected chi connectivity index (χ0v) is 32.5. The normalized spacial score (nSPS) is 16.1. The number of amides is 1. The number of nitrogens with zero attached hydrogens (tertiary/aromatic N) is 4. The Bertz CT molecular complexity index is 2380. The van der Waals surface area contributed by atoms with Gasteiger partial charge in [-0.3, -0.25) is 14.8 Å². The van der Waals surface area contributed by atoms with Gasteiger partial charge in [0.1, 0.15) is 35.6 Å². The fourth-order valence-corrected chi connectivity index (χ4v) is 9.01. The number of hydrogen-bond acceptors (Lipinski definition) is 8. The summed E-state index contributed by atoms with van der Waals surface area (Å²) in [4.78, 5) is 36.6. The van der Waals surface area contributed by atoms with E-state index < -0.39 is 61.1 Å². The van der Waals surface area contributed by atoms with Crippen LogP contribution in [-0.4, -0.2) is 47.2 Å². The van der Waals surface area contributed by atoms with E-state index in [1.165, 1.54) is 29.3 Å². The lowest BCUT2D eigenvalue weighted by molar-refractivity contribution is -0.125. The molecule has 1 aromatic heterocycles. The number of anilines is 1. The highest BCUT2D eigenvalue weighted by molar-refractivity contribution is 7.89. The van der Waals surface area contributed by atoms with E-state index in [1.807, 2.05) is 36.4 Å². The number of carbonyl (C=O) groups excluding carboxylic acids is 2. The van der Waals surface area contributed by atoms with Crippen molar-refractivity contribution < 1.29 is 45.0 Å². The van der Waals surface area contributed by atoms with Crippen LogP contribution in [0, 0.1) is 23.3 Å². The Morgan fingerprint density at radius 1 is 0.793 bits per heavy atom. The largest absolute Gasteiger partial charge is 0.488 e. The van der Waals surface area contributed by atoms with Crippen molar-refractivity contribution in [1.29, 1.82) is 0 Å². The van der Waals surface area contributed by atoms with Crippen LogP contribution >= 0.6 is 11.6 Å². The molecule has 2 aliphatic rings. The first-order chi connectivity index (χ1) is 27.9. The first kappa shape index (κ1) is 40.8. The molecular formula is C42H37ClF4N4O6S. The first-order valence-electron chi connectivity index (χ1n) is 18.6. The molecule has 1 saturated carbocycles. The summed E-state index contributed by atoms with van der Waals surface area (Å²) in [7, 11) is -5.29. The number of halogens is 5. The van der Waals surface area contributed by atoms with Crippen LogP contribution in [0.25, 0.3) is 0 Å². The zero-order valence-electron chi connectivity index (χ0n) is 30.9. The average molecular weight is 837 g/mol. The number of aromatic nitrogens is 2. The predicted molar refractivity (Wildman–Crippen MR) is 205 cm³/mol. The number of sulfonamides is 1. The van der Waals surface area contributed by atoms with Crippen molar-refractivity contribution in [1.82, 2.24) is 14.3 Å². The van der Waals surface area contributed by atoms with Crippen molar-refractivity contribution in [3.05, 3.63) is 148 Å². The monoisotopic (exact) mass is 836 g/mol. The second-order valence-corrected chi connectivity index (χ2v) is 16.2. The standard InChI is InChI=1S/C42H37ClF4N4O6S/c43-35-36(44)38(46)39(47)40(37(35)45)58(54,55)51-19-18-33(51)41(52)50(23-29-21-49-32(22-48-29)28-14-8-3-9-15-28)30-16-17-31(42(53)57-25-27-12-6-2-7-13-27)34(20-30)56-24-26-10-4-1-5-11-26/h1-2,4-7,10-13,16-17,20-22,28,33H,3,8-9,14-15,18-19,23-25H2/t33-/m1/s1. The van der Waals surface area contributed by atoms with Crippen LogP contribution in [0.4, 0.5) is 23.2 Å². The minimum absolute atomic E-state index is 0.0217. The summed E-state index contributed by atoms with van der Waals surface area (Å²) in [6, 6.07) is 20.9. The molecule has 1 aliphatic carbocycles. The lowest BCUT2D eigenvalue weighted by Gasteiger charge is -2.41. The minimum Gasteiger partial charge on any atom is -0.488 e. The smallest absolute Gasteiger partial charge is 0.342 e. The van der Waals surface area contributed by atoms with E-state index in [2.05, 4.69) is 9.97 Å². The van der Waals surface area contributed by atoms with Crippen molar-refractivity contribution in [3.8, 4) is 5.75 Å².